The monoisotopic (exact) mass is 933 g/mol. The minimum atomic E-state index is -0.0931. The van der Waals surface area contributed by atoms with Gasteiger partial charge in [0.15, 0.2) is 0 Å². The SMILES string of the molecule is Cc1cc(C(C)(C)C)ccc1N1c2cc(C(C)(C)C)cc3c2B(c2cc4c(cc2N3c2ccc3c(c2)C(C)(C)CCC3(C)C)C(C)(C)CCC4(C)C)c2c1sc1cc3c(cc21)C(C)(C)CCC3(C)C. The predicted octanol–water partition coefficient (Wildman–Crippen LogP) is 16.9. The molecule has 0 atom stereocenters. The first-order chi connectivity index (χ1) is 31.8. The van der Waals surface area contributed by atoms with E-state index in [4.69, 9.17) is 0 Å². The summed E-state index contributed by atoms with van der Waals surface area (Å²) in [5.74, 6) is 0. The molecule has 0 saturated heterocycles. The lowest BCUT2D eigenvalue weighted by Crippen LogP contribution is -2.61. The fourth-order valence-corrected chi connectivity index (χ4v) is 15.0. The summed E-state index contributed by atoms with van der Waals surface area (Å²) in [7, 11) is 0. The molecule has 2 nitrogen and oxygen atoms in total. The van der Waals surface area contributed by atoms with Crippen LogP contribution >= 0.6 is 11.3 Å². The Morgan fingerprint density at radius 1 is 0.435 bits per heavy atom. The molecule has 0 radical (unpaired) electrons. The minimum absolute atomic E-state index is 0.0490. The maximum absolute atomic E-state index is 2.76. The average Bonchev–Trinajstić information content (AvgIpc) is 3.62. The molecule has 0 bridgehead atoms. The van der Waals surface area contributed by atoms with Gasteiger partial charge in [0.2, 0.25) is 0 Å². The minimum Gasteiger partial charge on any atom is -0.311 e. The number of hydrogen-bond acceptors (Lipinski definition) is 3. The molecular formula is C65H81BN2S. The molecule has 5 aromatic carbocycles. The molecule has 1 aromatic heterocycles. The van der Waals surface area contributed by atoms with Crippen LogP contribution in [0.2, 0.25) is 0 Å². The van der Waals surface area contributed by atoms with E-state index in [9.17, 15) is 0 Å². The zero-order valence-electron chi connectivity index (χ0n) is 46.1. The van der Waals surface area contributed by atoms with Gasteiger partial charge in [-0.2, -0.15) is 0 Å². The van der Waals surface area contributed by atoms with E-state index < -0.39 is 0 Å². The molecule has 6 aromatic rings. The lowest BCUT2D eigenvalue weighted by molar-refractivity contribution is 0.332. The highest BCUT2D eigenvalue weighted by molar-refractivity contribution is 7.26. The third-order valence-electron chi connectivity index (χ3n) is 18.9. The summed E-state index contributed by atoms with van der Waals surface area (Å²) in [6.45, 7) is 46.7. The van der Waals surface area contributed by atoms with E-state index in [0.717, 1.165) is 0 Å². The molecule has 3 heterocycles. The second-order valence-corrected chi connectivity index (χ2v) is 29.8. The topological polar surface area (TPSA) is 6.48 Å². The molecule has 3 aliphatic carbocycles. The van der Waals surface area contributed by atoms with Crippen LogP contribution in [0.25, 0.3) is 10.1 Å². The van der Waals surface area contributed by atoms with Crippen LogP contribution in [0.5, 0.6) is 0 Å². The normalized spacial score (nSPS) is 20.9. The van der Waals surface area contributed by atoms with E-state index in [2.05, 4.69) is 214 Å². The fraction of sp³-hybridized carbons (Fsp3) is 0.508. The molecule has 69 heavy (non-hydrogen) atoms. The first-order valence-corrected chi connectivity index (χ1v) is 27.5. The highest BCUT2D eigenvalue weighted by Crippen LogP contribution is 2.56. The van der Waals surface area contributed by atoms with Crippen molar-refractivity contribution in [2.75, 3.05) is 9.80 Å². The molecule has 0 amide bonds. The molecule has 11 rings (SSSR count). The number of thiophene rings is 1. The summed E-state index contributed by atoms with van der Waals surface area (Å²) < 4.78 is 1.42. The second kappa shape index (κ2) is 14.4. The van der Waals surface area contributed by atoms with Crippen LogP contribution < -0.4 is 26.2 Å². The standard InChI is InChI=1S/C65H81BN2S/c1-38-30-39(58(2,3)4)20-23-50(38)68-53-32-40(59(5,6)7)31-52-56(53)66(55-42-34-45-48(37-54(42)69-57(55)68)65(18,19)29-26-62(45,12)13)49-35-46-47(64(16,17)28-27-63(46,14)15)36-51(49)67(52)41-21-22-43-44(33-41)61(10,11)25-24-60(43,8)9/h20-23,30-37H,24-29H2,1-19H3. The first kappa shape index (κ1) is 47.1. The van der Waals surface area contributed by atoms with Gasteiger partial charge >= 0.3 is 0 Å². The van der Waals surface area contributed by atoms with E-state index in [1.54, 1.807) is 16.7 Å². The van der Waals surface area contributed by atoms with Gasteiger partial charge in [0.1, 0.15) is 0 Å². The smallest absolute Gasteiger partial charge is 0.254 e. The third kappa shape index (κ3) is 6.96. The Balaban J connectivity index is 1.32. The predicted molar refractivity (Wildman–Crippen MR) is 304 cm³/mol. The van der Waals surface area contributed by atoms with Crippen molar-refractivity contribution < 1.29 is 0 Å². The van der Waals surface area contributed by atoms with Crippen molar-refractivity contribution in [3.8, 4) is 0 Å². The molecule has 0 saturated carbocycles. The molecule has 5 aliphatic rings. The van der Waals surface area contributed by atoms with E-state index in [0.29, 0.717) is 0 Å². The highest BCUT2D eigenvalue weighted by Gasteiger charge is 2.50. The van der Waals surface area contributed by atoms with Gasteiger partial charge < -0.3 is 9.80 Å². The lowest BCUT2D eigenvalue weighted by atomic mass is 9.33. The molecule has 2 aliphatic heterocycles. The van der Waals surface area contributed by atoms with Crippen LogP contribution in [0.4, 0.5) is 33.4 Å². The van der Waals surface area contributed by atoms with E-state index in [1.165, 1.54) is 132 Å². The van der Waals surface area contributed by atoms with Crippen molar-refractivity contribution in [2.24, 2.45) is 0 Å². The number of nitrogens with zero attached hydrogens (tertiary/aromatic N) is 2. The number of benzene rings is 5. The summed E-state index contributed by atoms with van der Waals surface area (Å²) in [6.07, 6.45) is 7.18. The van der Waals surface area contributed by atoms with Gasteiger partial charge in [-0.15, -0.1) is 11.3 Å². The van der Waals surface area contributed by atoms with Crippen molar-refractivity contribution >= 4 is 78.0 Å². The zero-order chi connectivity index (χ0) is 49.7. The number of hydrogen-bond donors (Lipinski definition) is 0. The molecule has 4 heteroatoms. The van der Waals surface area contributed by atoms with Gasteiger partial charge in [-0.1, -0.05) is 149 Å². The third-order valence-corrected chi connectivity index (χ3v) is 20.0. The highest BCUT2D eigenvalue weighted by atomic mass is 32.1. The second-order valence-electron chi connectivity index (χ2n) is 28.7. The fourth-order valence-electron chi connectivity index (χ4n) is 13.7. The summed E-state index contributed by atoms with van der Waals surface area (Å²) >= 11 is 2.05. The first-order valence-electron chi connectivity index (χ1n) is 26.7. The van der Waals surface area contributed by atoms with E-state index >= 15 is 0 Å². The van der Waals surface area contributed by atoms with Gasteiger partial charge in [0.25, 0.3) is 6.71 Å². The van der Waals surface area contributed by atoms with Gasteiger partial charge in [-0.05, 0) is 209 Å². The maximum Gasteiger partial charge on any atom is 0.254 e. The summed E-state index contributed by atoms with van der Waals surface area (Å²) in [6, 6.07) is 31.0. The summed E-state index contributed by atoms with van der Waals surface area (Å²) in [4.78, 5) is 5.51. The van der Waals surface area contributed by atoms with Crippen molar-refractivity contribution in [2.45, 2.75) is 213 Å². The van der Waals surface area contributed by atoms with Crippen LogP contribution in [0.15, 0.2) is 72.8 Å². The quantitative estimate of drug-likeness (QED) is 0.159. The van der Waals surface area contributed by atoms with Crippen molar-refractivity contribution in [1.82, 2.24) is 0 Å². The van der Waals surface area contributed by atoms with Crippen molar-refractivity contribution in [3.63, 3.8) is 0 Å². The van der Waals surface area contributed by atoms with Crippen LogP contribution in [0.1, 0.15) is 213 Å². The van der Waals surface area contributed by atoms with Gasteiger partial charge in [0.05, 0.1) is 5.00 Å². The van der Waals surface area contributed by atoms with Gasteiger partial charge in [0, 0.05) is 33.1 Å². The molecule has 0 fully saturated rings. The Morgan fingerprint density at radius 3 is 1.45 bits per heavy atom. The van der Waals surface area contributed by atoms with Crippen LogP contribution in [0, 0.1) is 6.92 Å². The number of anilines is 6. The largest absolute Gasteiger partial charge is 0.311 e. The number of aryl methyl sites for hydroxylation is 1. The van der Waals surface area contributed by atoms with Crippen molar-refractivity contribution in [3.05, 3.63) is 123 Å². The Morgan fingerprint density at radius 2 is 0.913 bits per heavy atom. The molecular weight excluding hydrogens is 852 g/mol. The van der Waals surface area contributed by atoms with E-state index in [1.807, 2.05) is 11.3 Å². The van der Waals surface area contributed by atoms with Gasteiger partial charge in [-0.3, -0.25) is 0 Å². The lowest BCUT2D eigenvalue weighted by Gasteiger charge is -2.48. The molecule has 0 unspecified atom stereocenters. The molecule has 0 spiro atoms. The van der Waals surface area contributed by atoms with Crippen LogP contribution in [-0.2, 0) is 43.3 Å². The number of rotatable bonds is 2. The average molecular weight is 933 g/mol. The molecule has 360 valence electrons. The summed E-state index contributed by atoms with van der Waals surface area (Å²) in [5.41, 5.74) is 24.8. The van der Waals surface area contributed by atoms with Crippen LogP contribution in [-0.4, -0.2) is 6.71 Å². The Kier molecular flexibility index (Phi) is 9.86. The molecule has 0 N–H and O–H groups in total. The van der Waals surface area contributed by atoms with Crippen molar-refractivity contribution in [1.29, 1.82) is 0 Å². The Labute approximate surface area is 421 Å². The van der Waals surface area contributed by atoms with Crippen LogP contribution in [0.3, 0.4) is 0 Å². The van der Waals surface area contributed by atoms with E-state index in [-0.39, 0.29) is 50.0 Å². The Bertz CT molecular complexity index is 3170. The summed E-state index contributed by atoms with van der Waals surface area (Å²) in [5, 5.41) is 2.84. The number of fused-ring (bicyclic) bond motifs is 9. The Hall–Kier alpha value is -4.28. The maximum atomic E-state index is 2.76. The zero-order valence-corrected chi connectivity index (χ0v) is 46.9. The van der Waals surface area contributed by atoms with Gasteiger partial charge in [-0.25, -0.2) is 0 Å².